The SMILES string of the molecule is CC.CCN1C(=O)CCCS1(=O)=O. The number of carbonyl (C=O) groups excluding carboxylic acids is 1. The number of carbonyl (C=O) groups is 1. The van der Waals surface area contributed by atoms with Crippen molar-refractivity contribution in [3.8, 4) is 0 Å². The van der Waals surface area contributed by atoms with E-state index in [1.165, 1.54) is 0 Å². The highest BCUT2D eigenvalue weighted by molar-refractivity contribution is 7.89. The summed E-state index contributed by atoms with van der Waals surface area (Å²) in [6.07, 6.45) is 0.838. The third-order valence-electron chi connectivity index (χ3n) is 1.69. The molecule has 0 N–H and O–H groups in total. The second kappa shape index (κ2) is 5.21. The Balaban J connectivity index is 0.000000671. The first kappa shape index (κ1) is 12.4. The molecule has 0 radical (unpaired) electrons. The van der Waals surface area contributed by atoms with Crippen molar-refractivity contribution in [2.45, 2.75) is 33.6 Å². The van der Waals surface area contributed by atoms with E-state index in [1.807, 2.05) is 13.8 Å². The number of rotatable bonds is 1. The van der Waals surface area contributed by atoms with Gasteiger partial charge in [0.2, 0.25) is 15.9 Å². The molecular weight excluding hydrogens is 190 g/mol. The zero-order valence-corrected chi connectivity index (χ0v) is 9.23. The zero-order valence-electron chi connectivity index (χ0n) is 8.41. The second-order valence-corrected chi connectivity index (χ2v) is 4.49. The van der Waals surface area contributed by atoms with E-state index in [-0.39, 0.29) is 18.2 Å². The summed E-state index contributed by atoms with van der Waals surface area (Å²) in [5.74, 6) is -0.147. The van der Waals surface area contributed by atoms with Gasteiger partial charge in [-0.3, -0.25) is 4.79 Å². The van der Waals surface area contributed by atoms with Crippen LogP contribution in [0.3, 0.4) is 0 Å². The highest BCUT2D eigenvalue weighted by atomic mass is 32.2. The third-order valence-corrected chi connectivity index (χ3v) is 3.63. The molecule has 0 atom stereocenters. The number of hydrogen-bond donors (Lipinski definition) is 0. The first-order chi connectivity index (χ1) is 6.08. The molecule has 4 nitrogen and oxygen atoms in total. The molecule has 1 aliphatic rings. The van der Waals surface area contributed by atoms with Crippen molar-refractivity contribution in [3.05, 3.63) is 0 Å². The topological polar surface area (TPSA) is 54.5 Å². The Morgan fingerprint density at radius 2 is 1.92 bits per heavy atom. The molecule has 0 aromatic rings. The fourth-order valence-corrected chi connectivity index (χ4v) is 2.69. The number of hydrogen-bond acceptors (Lipinski definition) is 3. The minimum atomic E-state index is -3.24. The molecule has 1 fully saturated rings. The van der Waals surface area contributed by atoms with Crippen LogP contribution in [0.15, 0.2) is 0 Å². The highest BCUT2D eigenvalue weighted by Gasteiger charge is 2.29. The van der Waals surface area contributed by atoms with Crippen LogP contribution >= 0.6 is 0 Å². The van der Waals surface area contributed by atoms with Crippen LogP contribution in [0.2, 0.25) is 0 Å². The number of sulfonamides is 1. The van der Waals surface area contributed by atoms with Crippen LogP contribution in [0.1, 0.15) is 33.6 Å². The van der Waals surface area contributed by atoms with Crippen molar-refractivity contribution in [1.82, 2.24) is 4.31 Å². The van der Waals surface area contributed by atoms with Gasteiger partial charge in [0.05, 0.1) is 5.75 Å². The minimum Gasteiger partial charge on any atom is -0.274 e. The molecule has 0 aliphatic carbocycles. The molecule has 13 heavy (non-hydrogen) atoms. The lowest BCUT2D eigenvalue weighted by atomic mass is 10.3. The van der Waals surface area contributed by atoms with Gasteiger partial charge in [0.1, 0.15) is 0 Å². The molecule has 0 spiro atoms. The van der Waals surface area contributed by atoms with Crippen LogP contribution in [-0.2, 0) is 14.8 Å². The molecule has 1 heterocycles. The van der Waals surface area contributed by atoms with Crippen molar-refractivity contribution in [2.75, 3.05) is 12.3 Å². The van der Waals surface area contributed by atoms with E-state index in [0.29, 0.717) is 12.8 Å². The van der Waals surface area contributed by atoms with Crippen LogP contribution in [-0.4, -0.2) is 30.9 Å². The zero-order chi connectivity index (χ0) is 10.5. The lowest BCUT2D eigenvalue weighted by Crippen LogP contribution is -2.41. The first-order valence-corrected chi connectivity index (χ1v) is 6.22. The van der Waals surface area contributed by atoms with Gasteiger partial charge in [-0.15, -0.1) is 0 Å². The molecule has 0 unspecified atom stereocenters. The van der Waals surface area contributed by atoms with Gasteiger partial charge in [-0.05, 0) is 13.3 Å². The van der Waals surface area contributed by atoms with E-state index in [1.54, 1.807) is 6.92 Å². The molecule has 1 rings (SSSR count). The van der Waals surface area contributed by atoms with Gasteiger partial charge < -0.3 is 0 Å². The van der Waals surface area contributed by atoms with Crippen molar-refractivity contribution in [2.24, 2.45) is 0 Å². The summed E-state index contributed by atoms with van der Waals surface area (Å²) >= 11 is 0. The standard InChI is InChI=1S/C6H11NO3S.C2H6/c1-2-7-6(8)4-3-5-11(7,9)10;1-2/h2-5H2,1H3;1-2H3. The van der Waals surface area contributed by atoms with E-state index in [9.17, 15) is 13.2 Å². The predicted octanol–water partition coefficient (Wildman–Crippen LogP) is 0.985. The number of amides is 1. The summed E-state index contributed by atoms with van der Waals surface area (Å²) in [4.78, 5) is 11.0. The normalized spacial score (nSPS) is 20.5. The van der Waals surface area contributed by atoms with Crippen molar-refractivity contribution >= 4 is 15.9 Å². The molecule has 5 heteroatoms. The Kier molecular flexibility index (Phi) is 4.98. The van der Waals surface area contributed by atoms with Crippen LogP contribution in [0.25, 0.3) is 0 Å². The summed E-state index contributed by atoms with van der Waals surface area (Å²) in [6.45, 7) is 5.93. The Morgan fingerprint density at radius 3 is 2.23 bits per heavy atom. The third kappa shape index (κ3) is 2.99. The first-order valence-electron chi connectivity index (χ1n) is 4.61. The molecule has 1 saturated heterocycles. The van der Waals surface area contributed by atoms with E-state index in [2.05, 4.69) is 0 Å². The van der Waals surface area contributed by atoms with E-state index in [4.69, 9.17) is 0 Å². The van der Waals surface area contributed by atoms with Gasteiger partial charge in [0, 0.05) is 13.0 Å². The van der Waals surface area contributed by atoms with E-state index >= 15 is 0 Å². The Morgan fingerprint density at radius 1 is 1.38 bits per heavy atom. The molecule has 0 bridgehead atoms. The van der Waals surface area contributed by atoms with Crippen LogP contribution in [0.4, 0.5) is 0 Å². The molecule has 1 aliphatic heterocycles. The maximum absolute atomic E-state index is 11.1. The van der Waals surface area contributed by atoms with Crippen LogP contribution in [0.5, 0.6) is 0 Å². The maximum Gasteiger partial charge on any atom is 0.237 e. The fourth-order valence-electron chi connectivity index (χ4n) is 1.17. The van der Waals surface area contributed by atoms with Crippen LogP contribution in [0, 0.1) is 0 Å². The van der Waals surface area contributed by atoms with E-state index < -0.39 is 10.0 Å². The predicted molar refractivity (Wildman–Crippen MR) is 51.8 cm³/mol. The highest BCUT2D eigenvalue weighted by Crippen LogP contribution is 2.13. The van der Waals surface area contributed by atoms with Gasteiger partial charge in [-0.1, -0.05) is 13.8 Å². The van der Waals surface area contributed by atoms with Gasteiger partial charge in [0.25, 0.3) is 0 Å². The largest absolute Gasteiger partial charge is 0.274 e. The van der Waals surface area contributed by atoms with Crippen LogP contribution < -0.4 is 0 Å². The summed E-state index contributed by atoms with van der Waals surface area (Å²) < 4.78 is 23.2. The molecule has 78 valence electrons. The van der Waals surface area contributed by atoms with Gasteiger partial charge in [-0.25, -0.2) is 12.7 Å². The summed E-state index contributed by atoms with van der Waals surface area (Å²) in [7, 11) is -3.24. The second-order valence-electron chi connectivity index (χ2n) is 2.48. The fraction of sp³-hybridized carbons (Fsp3) is 0.875. The Bertz CT molecular complexity index is 259. The van der Waals surface area contributed by atoms with E-state index in [0.717, 1.165) is 4.31 Å². The summed E-state index contributed by atoms with van der Waals surface area (Å²) in [5.41, 5.74) is 0. The summed E-state index contributed by atoms with van der Waals surface area (Å²) in [6, 6.07) is 0. The smallest absolute Gasteiger partial charge is 0.237 e. The molecule has 0 aromatic carbocycles. The molecule has 0 aromatic heterocycles. The number of nitrogens with zero attached hydrogens (tertiary/aromatic N) is 1. The minimum absolute atomic E-state index is 0.118. The van der Waals surface area contributed by atoms with Gasteiger partial charge in [-0.2, -0.15) is 0 Å². The molecule has 1 amide bonds. The van der Waals surface area contributed by atoms with Crippen molar-refractivity contribution in [3.63, 3.8) is 0 Å². The lowest BCUT2D eigenvalue weighted by Gasteiger charge is -2.24. The summed E-state index contributed by atoms with van der Waals surface area (Å²) in [5, 5.41) is 0. The van der Waals surface area contributed by atoms with Crippen molar-refractivity contribution in [1.29, 1.82) is 0 Å². The maximum atomic E-state index is 11.1. The monoisotopic (exact) mass is 207 g/mol. The Hall–Kier alpha value is -0.580. The van der Waals surface area contributed by atoms with Gasteiger partial charge >= 0.3 is 0 Å². The average molecular weight is 207 g/mol. The quantitative estimate of drug-likeness (QED) is 0.644. The average Bonchev–Trinajstić information content (AvgIpc) is 2.07. The van der Waals surface area contributed by atoms with Gasteiger partial charge in [0.15, 0.2) is 0 Å². The lowest BCUT2D eigenvalue weighted by molar-refractivity contribution is -0.126. The molecule has 0 saturated carbocycles. The molecular formula is C8H17NO3S. The van der Waals surface area contributed by atoms with Crippen molar-refractivity contribution < 1.29 is 13.2 Å². The Labute approximate surface area is 80.0 Å².